The maximum atomic E-state index is 9.23. The van der Waals surface area contributed by atoms with Gasteiger partial charge < -0.3 is 9.42 Å². The summed E-state index contributed by atoms with van der Waals surface area (Å²) in [6, 6.07) is 10.1. The van der Waals surface area contributed by atoms with Crippen molar-refractivity contribution in [1.29, 1.82) is 5.26 Å². The molecule has 2 aromatic rings. The Morgan fingerprint density at radius 2 is 2.15 bits per heavy atom. The first-order valence-electron chi connectivity index (χ1n) is 6.84. The Balaban J connectivity index is 1.92. The van der Waals surface area contributed by atoms with Gasteiger partial charge in [-0.05, 0) is 30.4 Å². The number of nitriles is 1. The predicted octanol–water partition coefficient (Wildman–Crippen LogP) is 2.88. The fraction of sp³-hybridized carbons (Fsp3) is 0.375. The quantitative estimate of drug-likeness (QED) is 0.839. The molecule has 0 radical (unpaired) electrons. The van der Waals surface area contributed by atoms with E-state index in [0.717, 1.165) is 42.0 Å². The number of anilines is 1. The Morgan fingerprint density at radius 3 is 2.90 bits per heavy atom. The van der Waals surface area contributed by atoms with E-state index in [1.165, 1.54) is 5.56 Å². The first kappa shape index (κ1) is 12.7. The summed E-state index contributed by atoms with van der Waals surface area (Å²) in [5.74, 6) is 1.23. The third kappa shape index (κ3) is 2.05. The van der Waals surface area contributed by atoms with Crippen molar-refractivity contribution in [3.05, 3.63) is 46.6 Å². The van der Waals surface area contributed by atoms with Crippen LogP contribution >= 0.6 is 0 Å². The Hall–Kier alpha value is -2.28. The Kier molecular flexibility index (Phi) is 3.19. The number of aromatic nitrogens is 1. The lowest BCUT2D eigenvalue weighted by Crippen LogP contribution is -2.16. The average Bonchev–Trinajstić information content (AvgIpc) is 2.90. The molecule has 0 amide bonds. The molecule has 0 spiro atoms. The lowest BCUT2D eigenvalue weighted by Gasteiger charge is -2.23. The molecule has 0 saturated carbocycles. The van der Waals surface area contributed by atoms with Gasteiger partial charge in [0.2, 0.25) is 5.88 Å². The van der Waals surface area contributed by atoms with Gasteiger partial charge in [0.25, 0.3) is 0 Å². The molecule has 20 heavy (non-hydrogen) atoms. The highest BCUT2D eigenvalue weighted by Gasteiger charge is 2.28. The minimum Gasteiger partial charge on any atom is -0.347 e. The minimum atomic E-state index is 0.360. The van der Waals surface area contributed by atoms with Gasteiger partial charge in [0.15, 0.2) is 0 Å². The van der Waals surface area contributed by atoms with Crippen LogP contribution in [0.5, 0.6) is 0 Å². The van der Waals surface area contributed by atoms with Crippen LogP contribution in [0.3, 0.4) is 0 Å². The summed E-state index contributed by atoms with van der Waals surface area (Å²) in [5, 5.41) is 13.4. The smallest absolute Gasteiger partial charge is 0.230 e. The van der Waals surface area contributed by atoms with Crippen molar-refractivity contribution in [2.45, 2.75) is 25.2 Å². The van der Waals surface area contributed by atoms with Crippen molar-refractivity contribution in [2.75, 3.05) is 19.0 Å². The molecule has 0 aliphatic heterocycles. The molecule has 0 bridgehead atoms. The second kappa shape index (κ2) is 5.01. The number of benzene rings is 1. The van der Waals surface area contributed by atoms with E-state index < -0.39 is 0 Å². The molecule has 0 saturated heterocycles. The van der Waals surface area contributed by atoms with Crippen molar-refractivity contribution >= 4 is 5.88 Å². The fourth-order valence-electron chi connectivity index (χ4n) is 2.97. The number of hydrogen-bond donors (Lipinski definition) is 0. The van der Waals surface area contributed by atoms with E-state index in [0.29, 0.717) is 5.92 Å². The van der Waals surface area contributed by atoms with E-state index >= 15 is 0 Å². The van der Waals surface area contributed by atoms with Gasteiger partial charge in [0, 0.05) is 26.1 Å². The zero-order valence-electron chi connectivity index (χ0n) is 11.8. The average molecular weight is 267 g/mol. The summed E-state index contributed by atoms with van der Waals surface area (Å²) in [4.78, 5) is 1.97. The van der Waals surface area contributed by atoms with Gasteiger partial charge >= 0.3 is 0 Å². The van der Waals surface area contributed by atoms with Gasteiger partial charge in [0.1, 0.15) is 0 Å². The standard InChI is InChI=1S/C16H17N3O/c1-19(2)16-14-8-7-11(9-15(14)18-20-16)13-6-4-3-5-12(13)10-17/h3-6,11H,7-9H2,1-2H3. The van der Waals surface area contributed by atoms with Crippen LogP contribution in [-0.4, -0.2) is 19.3 Å². The second-order valence-corrected chi connectivity index (χ2v) is 5.45. The molecule has 102 valence electrons. The lowest BCUT2D eigenvalue weighted by molar-refractivity contribution is 0.413. The van der Waals surface area contributed by atoms with Crippen molar-refractivity contribution in [1.82, 2.24) is 5.16 Å². The molecule has 4 nitrogen and oxygen atoms in total. The lowest BCUT2D eigenvalue weighted by atomic mass is 9.81. The second-order valence-electron chi connectivity index (χ2n) is 5.45. The minimum absolute atomic E-state index is 0.360. The van der Waals surface area contributed by atoms with Crippen LogP contribution in [0.15, 0.2) is 28.8 Å². The van der Waals surface area contributed by atoms with Crippen LogP contribution in [0.25, 0.3) is 0 Å². The monoisotopic (exact) mass is 267 g/mol. The summed E-state index contributed by atoms with van der Waals surface area (Å²) in [7, 11) is 3.94. The van der Waals surface area contributed by atoms with E-state index in [1.807, 2.05) is 37.2 Å². The maximum Gasteiger partial charge on any atom is 0.230 e. The molecule has 1 heterocycles. The van der Waals surface area contributed by atoms with Crippen LogP contribution in [-0.2, 0) is 12.8 Å². The summed E-state index contributed by atoms with van der Waals surface area (Å²) in [6.45, 7) is 0. The molecule has 1 unspecified atom stereocenters. The van der Waals surface area contributed by atoms with Crippen LogP contribution in [0, 0.1) is 11.3 Å². The van der Waals surface area contributed by atoms with Crippen molar-refractivity contribution in [3.8, 4) is 6.07 Å². The van der Waals surface area contributed by atoms with Gasteiger partial charge in [-0.1, -0.05) is 23.4 Å². The van der Waals surface area contributed by atoms with Crippen LogP contribution in [0.2, 0.25) is 0 Å². The van der Waals surface area contributed by atoms with Gasteiger partial charge in [-0.15, -0.1) is 0 Å². The van der Waals surface area contributed by atoms with Crippen LogP contribution < -0.4 is 4.90 Å². The van der Waals surface area contributed by atoms with Gasteiger partial charge in [0.05, 0.1) is 17.3 Å². The van der Waals surface area contributed by atoms with Crippen molar-refractivity contribution in [3.63, 3.8) is 0 Å². The van der Waals surface area contributed by atoms with Gasteiger partial charge in [-0.2, -0.15) is 5.26 Å². The van der Waals surface area contributed by atoms with E-state index in [-0.39, 0.29) is 0 Å². The highest BCUT2D eigenvalue weighted by Crippen LogP contribution is 2.37. The predicted molar refractivity (Wildman–Crippen MR) is 76.8 cm³/mol. The Labute approximate surface area is 118 Å². The molecule has 0 fully saturated rings. The Bertz CT molecular complexity index is 667. The van der Waals surface area contributed by atoms with Gasteiger partial charge in [-0.25, -0.2) is 0 Å². The van der Waals surface area contributed by atoms with E-state index in [1.54, 1.807) is 0 Å². The third-order valence-electron chi connectivity index (χ3n) is 3.96. The molecule has 1 aromatic carbocycles. The molecular weight excluding hydrogens is 250 g/mol. The third-order valence-corrected chi connectivity index (χ3v) is 3.96. The first-order chi connectivity index (χ1) is 9.70. The number of rotatable bonds is 2. The SMILES string of the molecule is CN(C)c1onc2c1CCC(c1ccccc1C#N)C2. The van der Waals surface area contributed by atoms with Crippen LogP contribution in [0.4, 0.5) is 5.88 Å². The molecule has 0 N–H and O–H groups in total. The number of nitrogens with zero attached hydrogens (tertiary/aromatic N) is 3. The van der Waals surface area contributed by atoms with E-state index in [4.69, 9.17) is 4.52 Å². The first-order valence-corrected chi connectivity index (χ1v) is 6.84. The maximum absolute atomic E-state index is 9.23. The van der Waals surface area contributed by atoms with E-state index in [2.05, 4.69) is 17.3 Å². The highest BCUT2D eigenvalue weighted by atomic mass is 16.5. The topological polar surface area (TPSA) is 53.1 Å². The van der Waals surface area contributed by atoms with E-state index in [9.17, 15) is 5.26 Å². The molecular formula is C16H17N3O. The largest absolute Gasteiger partial charge is 0.347 e. The normalized spacial score (nSPS) is 17.4. The van der Waals surface area contributed by atoms with Gasteiger partial charge in [-0.3, -0.25) is 0 Å². The Morgan fingerprint density at radius 1 is 1.35 bits per heavy atom. The summed E-state index contributed by atoms with van der Waals surface area (Å²) < 4.78 is 5.43. The zero-order chi connectivity index (χ0) is 14.1. The molecule has 1 aliphatic rings. The highest BCUT2D eigenvalue weighted by molar-refractivity contribution is 5.48. The zero-order valence-corrected chi connectivity index (χ0v) is 11.8. The summed E-state index contributed by atoms with van der Waals surface area (Å²) >= 11 is 0. The molecule has 4 heteroatoms. The molecule has 1 atom stereocenters. The summed E-state index contributed by atoms with van der Waals surface area (Å²) in [6.07, 6.45) is 2.84. The van der Waals surface area contributed by atoms with Crippen molar-refractivity contribution in [2.24, 2.45) is 0 Å². The fourth-order valence-corrected chi connectivity index (χ4v) is 2.97. The molecule has 3 rings (SSSR count). The van der Waals surface area contributed by atoms with Crippen LogP contribution in [0.1, 0.15) is 34.7 Å². The van der Waals surface area contributed by atoms with Crippen molar-refractivity contribution < 1.29 is 4.52 Å². The molecule has 1 aromatic heterocycles. The number of hydrogen-bond acceptors (Lipinski definition) is 4. The summed E-state index contributed by atoms with van der Waals surface area (Å²) in [5.41, 5.74) is 4.17. The number of fused-ring (bicyclic) bond motifs is 1. The molecule has 1 aliphatic carbocycles.